The molecule has 0 aromatic heterocycles. The molecule has 2 N–H and O–H groups in total. The van der Waals surface area contributed by atoms with Crippen molar-refractivity contribution in [3.05, 3.63) is 59.7 Å². The maximum absolute atomic E-state index is 12.8. The van der Waals surface area contributed by atoms with Gasteiger partial charge in [-0.15, -0.1) is 0 Å². The maximum Gasteiger partial charge on any atom is 0.175 e. The lowest BCUT2D eigenvalue weighted by Crippen LogP contribution is -2.33. The molecule has 0 bridgehead atoms. The highest BCUT2D eigenvalue weighted by Gasteiger charge is 2.24. The summed E-state index contributed by atoms with van der Waals surface area (Å²) in [7, 11) is 2.09. The molecule has 1 heterocycles. The summed E-state index contributed by atoms with van der Waals surface area (Å²) in [6, 6.07) is 16.6. The Morgan fingerprint density at radius 2 is 1.78 bits per heavy atom. The molecular weight excluding hydrogens is 356 g/mol. The molecule has 1 saturated heterocycles. The monoisotopic (exact) mass is 378 g/mol. The molecule has 0 spiro atoms. The van der Waals surface area contributed by atoms with E-state index in [1.807, 2.05) is 24.3 Å². The number of hydrogen-bond acceptors (Lipinski definition) is 4. The fourth-order valence-electron chi connectivity index (χ4n) is 3.18. The van der Waals surface area contributed by atoms with Crippen LogP contribution < -0.4 is 10.6 Å². The second-order valence-electron chi connectivity index (χ2n) is 6.79. The molecule has 0 unspecified atom stereocenters. The standard InChI is InChI=1S/C21H22N4OS/c1-25-11-9-16(10-12-25)20(26)17-3-2-4-19(13-17)24-21(27)23-18-7-5-15(14-22)6-8-18/h2-8,13,16H,9-12H2,1H3,(H2,23,24,27). The highest BCUT2D eigenvalue weighted by molar-refractivity contribution is 7.80. The quantitative estimate of drug-likeness (QED) is 0.621. The summed E-state index contributed by atoms with van der Waals surface area (Å²) in [6.45, 7) is 1.93. The molecule has 0 amide bonds. The second kappa shape index (κ2) is 8.76. The molecule has 2 aromatic rings. The van der Waals surface area contributed by atoms with Gasteiger partial charge in [0.2, 0.25) is 0 Å². The summed E-state index contributed by atoms with van der Waals surface area (Å²) in [5, 5.41) is 15.5. The molecule has 1 fully saturated rings. The molecule has 0 radical (unpaired) electrons. The van der Waals surface area contributed by atoms with Crippen molar-refractivity contribution in [3.8, 4) is 6.07 Å². The van der Waals surface area contributed by atoms with E-state index < -0.39 is 0 Å². The minimum atomic E-state index is 0.0974. The van der Waals surface area contributed by atoms with E-state index in [1.54, 1.807) is 24.3 Å². The third-order valence-corrected chi connectivity index (χ3v) is 4.97. The van der Waals surface area contributed by atoms with Gasteiger partial charge < -0.3 is 15.5 Å². The number of rotatable bonds is 4. The first kappa shape index (κ1) is 19.0. The van der Waals surface area contributed by atoms with Gasteiger partial charge in [0.25, 0.3) is 0 Å². The Morgan fingerprint density at radius 1 is 1.11 bits per heavy atom. The van der Waals surface area contributed by atoms with Crippen LogP contribution in [0.25, 0.3) is 0 Å². The Kier molecular flexibility index (Phi) is 6.17. The Labute approximate surface area is 165 Å². The van der Waals surface area contributed by atoms with Crippen LogP contribution in [-0.4, -0.2) is 35.9 Å². The number of Topliss-reactive ketones (excluding diaryl/α,β-unsaturated/α-hetero) is 1. The second-order valence-corrected chi connectivity index (χ2v) is 7.20. The number of nitriles is 1. The minimum Gasteiger partial charge on any atom is -0.332 e. The van der Waals surface area contributed by atoms with E-state index in [0.29, 0.717) is 10.7 Å². The third kappa shape index (κ3) is 5.13. The smallest absolute Gasteiger partial charge is 0.175 e. The fraction of sp³-hybridized carbons (Fsp3) is 0.286. The number of carbonyl (C=O) groups excluding carboxylic acids is 1. The summed E-state index contributed by atoms with van der Waals surface area (Å²) in [5.74, 6) is 0.304. The van der Waals surface area contributed by atoms with E-state index in [-0.39, 0.29) is 11.7 Å². The lowest BCUT2D eigenvalue weighted by molar-refractivity contribution is 0.0857. The number of likely N-dealkylation sites (tertiary alicyclic amines) is 1. The third-order valence-electron chi connectivity index (χ3n) is 4.77. The average Bonchev–Trinajstić information content (AvgIpc) is 2.69. The van der Waals surface area contributed by atoms with Gasteiger partial charge in [0.1, 0.15) is 0 Å². The molecule has 3 rings (SSSR count). The van der Waals surface area contributed by atoms with Gasteiger partial charge >= 0.3 is 0 Å². The van der Waals surface area contributed by atoms with Gasteiger partial charge in [0.05, 0.1) is 11.6 Å². The highest BCUT2D eigenvalue weighted by atomic mass is 32.1. The van der Waals surface area contributed by atoms with Crippen molar-refractivity contribution in [2.24, 2.45) is 5.92 Å². The Morgan fingerprint density at radius 3 is 2.44 bits per heavy atom. The van der Waals surface area contributed by atoms with E-state index in [9.17, 15) is 4.79 Å². The topological polar surface area (TPSA) is 68.2 Å². The van der Waals surface area contributed by atoms with Gasteiger partial charge in [0.15, 0.2) is 10.9 Å². The first-order valence-electron chi connectivity index (χ1n) is 8.96. The van der Waals surface area contributed by atoms with Crippen molar-refractivity contribution in [2.75, 3.05) is 30.8 Å². The molecule has 0 atom stereocenters. The number of nitrogens with zero attached hydrogens (tertiary/aromatic N) is 2. The van der Waals surface area contributed by atoms with Crippen LogP contribution >= 0.6 is 12.2 Å². The first-order valence-corrected chi connectivity index (χ1v) is 9.37. The van der Waals surface area contributed by atoms with Crippen LogP contribution in [0, 0.1) is 17.2 Å². The number of nitrogens with one attached hydrogen (secondary N) is 2. The van der Waals surface area contributed by atoms with Crippen LogP contribution in [0.5, 0.6) is 0 Å². The molecule has 138 valence electrons. The predicted octanol–water partition coefficient (Wildman–Crippen LogP) is 3.89. The molecule has 2 aromatic carbocycles. The Bertz CT molecular complexity index is 864. The van der Waals surface area contributed by atoms with Gasteiger partial charge in [-0.25, -0.2) is 0 Å². The number of carbonyl (C=O) groups is 1. The number of thiocarbonyl (C=S) groups is 1. The molecule has 0 saturated carbocycles. The van der Waals surface area contributed by atoms with Crippen LogP contribution in [0.2, 0.25) is 0 Å². The van der Waals surface area contributed by atoms with Crippen LogP contribution in [-0.2, 0) is 0 Å². The van der Waals surface area contributed by atoms with Crippen LogP contribution in [0.3, 0.4) is 0 Å². The lowest BCUT2D eigenvalue weighted by atomic mass is 9.89. The Hall–Kier alpha value is -2.75. The van der Waals surface area contributed by atoms with Crippen molar-refractivity contribution in [1.82, 2.24) is 4.90 Å². The maximum atomic E-state index is 12.8. The summed E-state index contributed by atoms with van der Waals surface area (Å²) in [5.41, 5.74) is 2.89. The Balaban J connectivity index is 1.62. The van der Waals surface area contributed by atoms with Crippen molar-refractivity contribution >= 4 is 34.5 Å². The van der Waals surface area contributed by atoms with Gasteiger partial charge in [-0.3, -0.25) is 4.79 Å². The fourth-order valence-corrected chi connectivity index (χ4v) is 3.41. The molecule has 27 heavy (non-hydrogen) atoms. The van der Waals surface area contributed by atoms with Gasteiger partial charge in [-0.2, -0.15) is 5.26 Å². The van der Waals surface area contributed by atoms with Crippen LogP contribution in [0.4, 0.5) is 11.4 Å². The average molecular weight is 379 g/mol. The zero-order valence-corrected chi connectivity index (χ0v) is 16.1. The van der Waals surface area contributed by atoms with Crippen molar-refractivity contribution in [1.29, 1.82) is 5.26 Å². The molecular formula is C21H22N4OS. The largest absolute Gasteiger partial charge is 0.332 e. The van der Waals surface area contributed by atoms with E-state index in [2.05, 4.69) is 28.7 Å². The van der Waals surface area contributed by atoms with Crippen molar-refractivity contribution in [3.63, 3.8) is 0 Å². The lowest BCUT2D eigenvalue weighted by Gasteiger charge is -2.28. The summed E-state index contributed by atoms with van der Waals surface area (Å²) in [4.78, 5) is 15.0. The molecule has 0 aliphatic carbocycles. The van der Waals surface area contributed by atoms with Crippen LogP contribution in [0.1, 0.15) is 28.8 Å². The SMILES string of the molecule is CN1CCC(C(=O)c2cccc(NC(=S)Nc3ccc(C#N)cc3)c2)CC1. The molecule has 1 aliphatic rings. The molecule has 1 aliphatic heterocycles. The number of benzene rings is 2. The van der Waals surface area contributed by atoms with Gasteiger partial charge in [0, 0.05) is 22.9 Å². The van der Waals surface area contributed by atoms with E-state index >= 15 is 0 Å². The normalized spacial score (nSPS) is 15.0. The summed E-state index contributed by atoms with van der Waals surface area (Å²) in [6.07, 6.45) is 1.82. The van der Waals surface area contributed by atoms with Gasteiger partial charge in [-0.1, -0.05) is 12.1 Å². The highest BCUT2D eigenvalue weighted by Crippen LogP contribution is 2.22. The van der Waals surface area contributed by atoms with Crippen molar-refractivity contribution in [2.45, 2.75) is 12.8 Å². The summed E-state index contributed by atoms with van der Waals surface area (Å²) >= 11 is 5.35. The number of piperidine rings is 1. The predicted molar refractivity (Wildman–Crippen MR) is 112 cm³/mol. The van der Waals surface area contributed by atoms with Crippen LogP contribution in [0.15, 0.2) is 48.5 Å². The zero-order chi connectivity index (χ0) is 19.2. The van der Waals surface area contributed by atoms with E-state index in [1.165, 1.54) is 0 Å². The molecule has 6 heteroatoms. The van der Waals surface area contributed by atoms with E-state index in [0.717, 1.165) is 42.9 Å². The zero-order valence-electron chi connectivity index (χ0n) is 15.2. The van der Waals surface area contributed by atoms with Crippen molar-refractivity contribution < 1.29 is 4.79 Å². The van der Waals surface area contributed by atoms with E-state index in [4.69, 9.17) is 17.5 Å². The molecule has 5 nitrogen and oxygen atoms in total. The number of ketones is 1. The van der Waals surface area contributed by atoms with Gasteiger partial charge in [-0.05, 0) is 81.6 Å². The minimum absolute atomic E-state index is 0.0974. The summed E-state index contributed by atoms with van der Waals surface area (Å²) < 4.78 is 0. The first-order chi connectivity index (χ1) is 13.0. The number of hydrogen-bond donors (Lipinski definition) is 2. The number of anilines is 2.